The van der Waals surface area contributed by atoms with Gasteiger partial charge >= 0.3 is 0 Å². The molecule has 0 heterocycles. The molecule has 3 heteroatoms. The van der Waals surface area contributed by atoms with E-state index in [9.17, 15) is 0 Å². The zero-order valence-electron chi connectivity index (χ0n) is 8.30. The molecular weight excluding hydrogens is 182 g/mol. The molecule has 1 rings (SSSR count). The molecule has 1 saturated carbocycles. The van der Waals surface area contributed by atoms with Crippen LogP contribution in [0.15, 0.2) is 0 Å². The lowest BCUT2D eigenvalue weighted by Gasteiger charge is -2.20. The highest BCUT2D eigenvalue weighted by atomic mass is 32.2. The lowest BCUT2D eigenvalue weighted by atomic mass is 10.0. The molecule has 13 heavy (non-hydrogen) atoms. The molecule has 0 radical (unpaired) electrons. The maximum Gasteiger partial charge on any atom is 0.0555 e. The summed E-state index contributed by atoms with van der Waals surface area (Å²) in [5.74, 6) is 1.20. The van der Waals surface area contributed by atoms with E-state index in [1.165, 1.54) is 37.9 Å². The smallest absolute Gasteiger partial charge is 0.0555 e. The predicted octanol–water partition coefficient (Wildman–Crippen LogP) is 1.63. The predicted molar refractivity (Wildman–Crippen MR) is 59.3 cm³/mol. The molecule has 2 nitrogen and oxygen atoms in total. The van der Waals surface area contributed by atoms with Crippen molar-refractivity contribution in [2.24, 2.45) is 0 Å². The fourth-order valence-corrected chi connectivity index (χ4v) is 3.00. The van der Waals surface area contributed by atoms with Crippen LogP contribution < -0.4 is 5.32 Å². The Labute approximate surface area is 85.5 Å². The van der Waals surface area contributed by atoms with Crippen LogP contribution in [-0.4, -0.2) is 35.8 Å². The molecule has 0 spiro atoms. The second-order valence-electron chi connectivity index (χ2n) is 3.60. The van der Waals surface area contributed by atoms with Crippen LogP contribution in [0, 0.1) is 0 Å². The highest BCUT2D eigenvalue weighted by molar-refractivity contribution is 7.99. The molecule has 0 saturated heterocycles. The Kier molecular flexibility index (Phi) is 6.68. The minimum absolute atomic E-state index is 0.258. The SMILES string of the molecule is OCCNCCSC1CCCCC1. The molecule has 0 aromatic carbocycles. The van der Waals surface area contributed by atoms with E-state index in [2.05, 4.69) is 17.1 Å². The third-order valence-corrected chi connectivity index (χ3v) is 3.86. The van der Waals surface area contributed by atoms with Crippen molar-refractivity contribution in [1.82, 2.24) is 5.32 Å². The van der Waals surface area contributed by atoms with Gasteiger partial charge in [0.1, 0.15) is 0 Å². The van der Waals surface area contributed by atoms with E-state index in [-0.39, 0.29) is 6.61 Å². The molecule has 2 N–H and O–H groups in total. The molecule has 0 bridgehead atoms. The molecule has 1 fully saturated rings. The van der Waals surface area contributed by atoms with Crippen LogP contribution in [0.4, 0.5) is 0 Å². The van der Waals surface area contributed by atoms with Gasteiger partial charge in [0.25, 0.3) is 0 Å². The Bertz CT molecular complexity index is 115. The van der Waals surface area contributed by atoms with E-state index in [1.54, 1.807) is 0 Å². The van der Waals surface area contributed by atoms with Crippen molar-refractivity contribution in [2.45, 2.75) is 37.4 Å². The highest BCUT2D eigenvalue weighted by Gasteiger charge is 2.12. The van der Waals surface area contributed by atoms with Crippen molar-refractivity contribution in [3.05, 3.63) is 0 Å². The van der Waals surface area contributed by atoms with Crippen LogP contribution in [0.2, 0.25) is 0 Å². The maximum atomic E-state index is 8.55. The first-order valence-corrected chi connectivity index (χ1v) is 6.41. The topological polar surface area (TPSA) is 32.3 Å². The molecular formula is C10H21NOS. The minimum atomic E-state index is 0.258. The normalized spacial score (nSPS) is 19.2. The molecule has 0 unspecified atom stereocenters. The summed E-state index contributed by atoms with van der Waals surface area (Å²) in [7, 11) is 0. The number of thioether (sulfide) groups is 1. The standard InChI is InChI=1S/C10H21NOS/c12-8-6-11-7-9-13-10-4-2-1-3-5-10/h10-12H,1-9H2. The van der Waals surface area contributed by atoms with E-state index in [4.69, 9.17) is 5.11 Å². The molecule has 1 aliphatic carbocycles. The van der Waals surface area contributed by atoms with Gasteiger partial charge in [-0.2, -0.15) is 11.8 Å². The molecule has 0 aromatic rings. The van der Waals surface area contributed by atoms with Gasteiger partial charge in [0.05, 0.1) is 6.61 Å². The second kappa shape index (κ2) is 7.65. The monoisotopic (exact) mass is 203 g/mol. The number of nitrogens with one attached hydrogen (secondary N) is 1. The van der Waals surface area contributed by atoms with Crippen LogP contribution in [0.1, 0.15) is 32.1 Å². The quantitative estimate of drug-likeness (QED) is 0.644. The number of aliphatic hydroxyl groups is 1. The molecule has 0 amide bonds. The van der Waals surface area contributed by atoms with Gasteiger partial charge in [0, 0.05) is 24.1 Å². The maximum absolute atomic E-state index is 8.55. The van der Waals surface area contributed by atoms with E-state index in [0.29, 0.717) is 0 Å². The van der Waals surface area contributed by atoms with Crippen molar-refractivity contribution in [3.63, 3.8) is 0 Å². The molecule has 78 valence electrons. The summed E-state index contributed by atoms with van der Waals surface area (Å²) < 4.78 is 0. The van der Waals surface area contributed by atoms with Gasteiger partial charge in [-0.25, -0.2) is 0 Å². The zero-order valence-corrected chi connectivity index (χ0v) is 9.11. The van der Waals surface area contributed by atoms with Gasteiger partial charge in [-0.05, 0) is 12.8 Å². The lowest BCUT2D eigenvalue weighted by molar-refractivity contribution is 0.294. The summed E-state index contributed by atoms with van der Waals surface area (Å²) in [4.78, 5) is 0. The summed E-state index contributed by atoms with van der Waals surface area (Å²) in [5.41, 5.74) is 0. The molecule has 0 atom stereocenters. The first-order chi connectivity index (χ1) is 6.43. The van der Waals surface area contributed by atoms with E-state index in [0.717, 1.165) is 18.3 Å². The number of rotatable bonds is 6. The van der Waals surface area contributed by atoms with Gasteiger partial charge in [-0.15, -0.1) is 0 Å². The third-order valence-electron chi connectivity index (χ3n) is 2.47. The fraction of sp³-hybridized carbons (Fsp3) is 1.00. The van der Waals surface area contributed by atoms with Crippen molar-refractivity contribution in [2.75, 3.05) is 25.4 Å². The summed E-state index contributed by atoms with van der Waals surface area (Å²) in [6.45, 7) is 2.04. The average Bonchev–Trinajstić information content (AvgIpc) is 2.19. The van der Waals surface area contributed by atoms with Gasteiger partial charge < -0.3 is 10.4 Å². The van der Waals surface area contributed by atoms with Crippen LogP contribution >= 0.6 is 11.8 Å². The summed E-state index contributed by atoms with van der Waals surface area (Å²) in [5, 5.41) is 12.7. The van der Waals surface area contributed by atoms with Crippen LogP contribution in [0.25, 0.3) is 0 Å². The third kappa shape index (κ3) is 5.55. The Hall–Kier alpha value is 0.270. The summed E-state index contributed by atoms with van der Waals surface area (Å²) in [6.07, 6.45) is 7.15. The molecule has 1 aliphatic rings. The van der Waals surface area contributed by atoms with Gasteiger partial charge in [-0.1, -0.05) is 19.3 Å². The van der Waals surface area contributed by atoms with E-state index >= 15 is 0 Å². The van der Waals surface area contributed by atoms with Crippen molar-refractivity contribution < 1.29 is 5.11 Å². The Balaban J connectivity index is 1.86. The highest BCUT2D eigenvalue weighted by Crippen LogP contribution is 2.27. The number of hydrogen-bond donors (Lipinski definition) is 2. The zero-order chi connectivity index (χ0) is 9.36. The van der Waals surface area contributed by atoms with Gasteiger partial charge in [0.2, 0.25) is 0 Å². The Morgan fingerprint density at radius 3 is 2.62 bits per heavy atom. The molecule has 0 aromatic heterocycles. The van der Waals surface area contributed by atoms with E-state index < -0.39 is 0 Å². The Morgan fingerprint density at radius 2 is 1.92 bits per heavy atom. The summed E-state index contributed by atoms with van der Waals surface area (Å²) >= 11 is 2.10. The minimum Gasteiger partial charge on any atom is -0.395 e. The van der Waals surface area contributed by atoms with Gasteiger partial charge in [0.15, 0.2) is 0 Å². The second-order valence-corrected chi connectivity index (χ2v) is 5.01. The average molecular weight is 203 g/mol. The van der Waals surface area contributed by atoms with Crippen LogP contribution in [0.3, 0.4) is 0 Å². The summed E-state index contributed by atoms with van der Waals surface area (Å²) in [6, 6.07) is 0. The fourth-order valence-electron chi connectivity index (χ4n) is 1.73. The van der Waals surface area contributed by atoms with Crippen LogP contribution in [0.5, 0.6) is 0 Å². The largest absolute Gasteiger partial charge is 0.395 e. The number of aliphatic hydroxyl groups excluding tert-OH is 1. The van der Waals surface area contributed by atoms with Crippen molar-refractivity contribution in [1.29, 1.82) is 0 Å². The van der Waals surface area contributed by atoms with Crippen molar-refractivity contribution >= 4 is 11.8 Å². The number of hydrogen-bond acceptors (Lipinski definition) is 3. The molecule has 0 aliphatic heterocycles. The first-order valence-electron chi connectivity index (χ1n) is 5.36. The first kappa shape index (κ1) is 11.3. The van der Waals surface area contributed by atoms with Crippen LogP contribution in [-0.2, 0) is 0 Å². The Morgan fingerprint density at radius 1 is 1.15 bits per heavy atom. The van der Waals surface area contributed by atoms with Crippen molar-refractivity contribution in [3.8, 4) is 0 Å². The van der Waals surface area contributed by atoms with Gasteiger partial charge in [-0.3, -0.25) is 0 Å². The lowest BCUT2D eigenvalue weighted by Crippen LogP contribution is -2.22. The van der Waals surface area contributed by atoms with E-state index in [1.807, 2.05) is 0 Å².